The molecule has 75 heavy (non-hydrogen) atoms. The molecule has 5 aliphatic rings. The Labute approximate surface area is 426 Å². The molecule has 0 aromatic heterocycles. The van der Waals surface area contributed by atoms with Gasteiger partial charge in [0.1, 0.15) is 134 Å². The molecule has 0 aromatic carbocycles. The highest BCUT2D eigenvalue weighted by Crippen LogP contribution is 2.35. The third-order valence-electron chi connectivity index (χ3n) is 13.2. The second-order valence-electron chi connectivity index (χ2n) is 18.8. The fraction of sp³-hybridized carbons (Fsp3) is 0.929. The van der Waals surface area contributed by atoms with Crippen molar-refractivity contribution >= 4 is 17.7 Å². The fourth-order valence-corrected chi connectivity index (χ4v) is 9.16. The van der Waals surface area contributed by atoms with E-state index in [0.29, 0.717) is 0 Å². The summed E-state index contributed by atoms with van der Waals surface area (Å²) in [6.07, 6.45) is -48.3. The molecule has 5 aliphatic heterocycles. The van der Waals surface area contributed by atoms with Crippen LogP contribution in [0.4, 0.5) is 0 Å². The van der Waals surface area contributed by atoms with Crippen molar-refractivity contribution in [3.8, 4) is 0 Å². The third-order valence-corrected chi connectivity index (χ3v) is 13.2. The molecule has 3 amide bonds. The summed E-state index contributed by atoms with van der Waals surface area (Å²) in [6.45, 7) is -1.48. The number of nitrogens with one attached hydrogen (secondary N) is 3. The van der Waals surface area contributed by atoms with E-state index >= 15 is 0 Å². The van der Waals surface area contributed by atoms with Gasteiger partial charge in [-0.15, -0.1) is 0 Å². The van der Waals surface area contributed by atoms with Crippen molar-refractivity contribution < 1.29 is 149 Å². The van der Waals surface area contributed by atoms with E-state index in [9.17, 15) is 101 Å². The van der Waals surface area contributed by atoms with E-state index in [-0.39, 0.29) is 0 Å². The first-order valence-electron chi connectivity index (χ1n) is 23.9. The van der Waals surface area contributed by atoms with Crippen LogP contribution in [0.25, 0.3) is 0 Å². The van der Waals surface area contributed by atoms with E-state index in [1.54, 1.807) is 0 Å². The van der Waals surface area contributed by atoms with Crippen molar-refractivity contribution in [3.05, 3.63) is 0 Å². The highest BCUT2D eigenvalue weighted by molar-refractivity contribution is 5.74. The number of aliphatic hydroxyl groups is 17. The molecule has 436 valence electrons. The summed E-state index contributed by atoms with van der Waals surface area (Å²) in [5, 5.41) is 189. The maximum atomic E-state index is 12.5. The third kappa shape index (κ3) is 14.8. The number of carbonyl (C=O) groups is 3. The SMILES string of the molecule is CC(=O)N[C@H]1[C@H](OC[C@@H](O)[C@H](O)[C@H](O[C@@H]2O[C@H](CO)[C@H](O)[C@H](O)[C@H]2O[C@@H]2O[C@@H](C)[C@@H](O)[C@@H](O)[C@@H]2O)[C@H](CO)NC(C)=O)O[C@H](CO)[C@@H](O[C@@H]2O[C@H](CO)[C@H](O[C@@H]3O[C@H](CO)[C@H](O)[C@H](O)[C@H]3NC(C)=O)[C@H](O)[C@H]2O)[C@@H]1O. The number of hydrogen-bond donors (Lipinski definition) is 20. The normalized spacial score (nSPS) is 44.2. The van der Waals surface area contributed by atoms with Gasteiger partial charge in [-0.1, -0.05) is 0 Å². The van der Waals surface area contributed by atoms with E-state index in [1.807, 2.05) is 0 Å². The van der Waals surface area contributed by atoms with Crippen LogP contribution in [0.3, 0.4) is 0 Å². The van der Waals surface area contributed by atoms with Crippen molar-refractivity contribution in [3.63, 3.8) is 0 Å². The molecule has 5 saturated heterocycles. The zero-order chi connectivity index (χ0) is 55.9. The van der Waals surface area contributed by atoms with Crippen molar-refractivity contribution in [2.24, 2.45) is 0 Å². The van der Waals surface area contributed by atoms with Gasteiger partial charge >= 0.3 is 0 Å². The Kier molecular flexibility index (Phi) is 23.5. The van der Waals surface area contributed by atoms with Gasteiger partial charge in [0.15, 0.2) is 31.5 Å². The van der Waals surface area contributed by atoms with Crippen LogP contribution in [0.1, 0.15) is 27.7 Å². The van der Waals surface area contributed by atoms with Crippen molar-refractivity contribution in [1.82, 2.24) is 16.0 Å². The van der Waals surface area contributed by atoms with Crippen LogP contribution in [0.2, 0.25) is 0 Å². The number of hydrogen-bond acceptors (Lipinski definition) is 30. The summed E-state index contributed by atoms with van der Waals surface area (Å²) in [4.78, 5) is 36.7. The van der Waals surface area contributed by atoms with Gasteiger partial charge in [-0.2, -0.15) is 0 Å². The molecule has 0 aliphatic carbocycles. The van der Waals surface area contributed by atoms with Gasteiger partial charge in [0, 0.05) is 20.8 Å². The highest BCUT2D eigenvalue weighted by atomic mass is 16.8. The van der Waals surface area contributed by atoms with E-state index in [0.717, 1.165) is 20.8 Å². The highest BCUT2D eigenvalue weighted by Gasteiger charge is 2.56. The van der Waals surface area contributed by atoms with E-state index in [2.05, 4.69) is 16.0 Å². The Balaban J connectivity index is 1.33. The summed E-state index contributed by atoms with van der Waals surface area (Å²) in [5.74, 6) is -2.37. The number of aliphatic hydroxyl groups excluding tert-OH is 17. The van der Waals surface area contributed by atoms with Crippen LogP contribution in [-0.2, 0) is 61.8 Å². The first kappa shape index (κ1) is 63.2. The molecular weight excluding hydrogens is 1030 g/mol. The first-order chi connectivity index (χ1) is 35.3. The molecule has 5 heterocycles. The Morgan fingerprint density at radius 1 is 0.480 bits per heavy atom. The van der Waals surface area contributed by atoms with Gasteiger partial charge in [0.05, 0.1) is 51.8 Å². The lowest BCUT2D eigenvalue weighted by Gasteiger charge is -2.49. The Morgan fingerprint density at radius 3 is 1.45 bits per heavy atom. The molecule has 29 atom stereocenters. The topological polar surface area (TPSA) is 524 Å². The molecule has 20 N–H and O–H groups in total. The smallest absolute Gasteiger partial charge is 0.217 e. The Hall–Kier alpha value is -2.67. The second-order valence-corrected chi connectivity index (χ2v) is 18.8. The molecule has 0 aromatic rings. The summed E-state index contributed by atoms with van der Waals surface area (Å²) >= 11 is 0. The summed E-state index contributed by atoms with van der Waals surface area (Å²) in [5.41, 5.74) is 0. The lowest BCUT2D eigenvalue weighted by Crippen LogP contribution is -2.69. The maximum Gasteiger partial charge on any atom is 0.217 e. The van der Waals surface area contributed by atoms with Gasteiger partial charge in [-0.3, -0.25) is 14.4 Å². The molecule has 33 heteroatoms. The van der Waals surface area contributed by atoms with Crippen LogP contribution in [0.15, 0.2) is 0 Å². The molecule has 0 saturated carbocycles. The largest absolute Gasteiger partial charge is 0.394 e. The Morgan fingerprint density at radius 2 is 0.920 bits per heavy atom. The van der Waals surface area contributed by atoms with Crippen LogP contribution in [0, 0.1) is 0 Å². The average Bonchev–Trinajstić information content (AvgIpc) is 3.37. The summed E-state index contributed by atoms with van der Waals surface area (Å²) in [7, 11) is 0. The molecule has 0 spiro atoms. The number of ether oxygens (including phenoxy) is 10. The molecule has 0 unspecified atom stereocenters. The molecule has 33 nitrogen and oxygen atoms in total. The molecule has 0 radical (unpaired) electrons. The van der Waals surface area contributed by atoms with Crippen LogP contribution in [0.5, 0.6) is 0 Å². The second kappa shape index (κ2) is 28.0. The van der Waals surface area contributed by atoms with Gasteiger partial charge in [-0.05, 0) is 6.92 Å². The monoisotopic (exact) mass is 1100 g/mol. The molecule has 0 bridgehead atoms. The minimum atomic E-state index is -2.29. The first-order valence-corrected chi connectivity index (χ1v) is 23.9. The predicted molar refractivity (Wildman–Crippen MR) is 235 cm³/mol. The zero-order valence-corrected chi connectivity index (χ0v) is 40.9. The standard InChI is InChI=1S/C42H73N3O30/c1-11-23(55)29(61)32(64)40(67-11)75-37-30(62)26(58)18(7-48)69-42(37)72-34(15(5-46)43-12(2)51)24(56)16(54)10-66-38-22(45-14(4)53)28(60)35(19(8-49)70-38)74-41-33(65)31(63)36(20(9-50)71-41)73-39-21(44-13(3)52)27(59)25(57)17(6-47)68-39/h11,15-42,46-50,54-65H,5-10H2,1-4H3,(H,43,51)(H,44,52)(H,45,53)/t11-,15-,16+,17+,18+,19+,20+,21+,22+,23+,24-,25-,26-,27+,28+,29+,30-,31+,32-,33+,34+,35+,36-,37+,38+,39-,40-,41-,42-/m0/s1. The van der Waals surface area contributed by atoms with Gasteiger partial charge < -0.3 is 150 Å². The van der Waals surface area contributed by atoms with E-state index in [4.69, 9.17) is 47.4 Å². The molecular formula is C42H73N3O30. The van der Waals surface area contributed by atoms with Crippen molar-refractivity contribution in [2.45, 2.75) is 205 Å². The average molecular weight is 1100 g/mol. The van der Waals surface area contributed by atoms with E-state index in [1.165, 1.54) is 6.92 Å². The molecule has 5 fully saturated rings. The molecule has 5 rings (SSSR count). The minimum absolute atomic E-state index is 0.720. The number of carbonyl (C=O) groups excluding carboxylic acids is 3. The van der Waals surface area contributed by atoms with E-state index < -0.39 is 235 Å². The van der Waals surface area contributed by atoms with Crippen LogP contribution >= 0.6 is 0 Å². The van der Waals surface area contributed by atoms with Crippen LogP contribution < -0.4 is 16.0 Å². The predicted octanol–water partition coefficient (Wildman–Crippen LogP) is -13.0. The quantitative estimate of drug-likeness (QED) is 0.0479. The lowest BCUT2D eigenvalue weighted by molar-refractivity contribution is -0.374. The number of rotatable bonds is 22. The van der Waals surface area contributed by atoms with Crippen molar-refractivity contribution in [2.75, 3.05) is 39.6 Å². The Bertz CT molecular complexity index is 1800. The minimum Gasteiger partial charge on any atom is -0.394 e. The van der Waals surface area contributed by atoms with Crippen molar-refractivity contribution in [1.29, 1.82) is 0 Å². The zero-order valence-electron chi connectivity index (χ0n) is 40.9. The summed E-state index contributed by atoms with van der Waals surface area (Å²) < 4.78 is 57.1. The van der Waals surface area contributed by atoms with Crippen LogP contribution in [-0.4, -0.2) is 322 Å². The van der Waals surface area contributed by atoms with Gasteiger partial charge in [-0.25, -0.2) is 0 Å². The number of amides is 3. The summed E-state index contributed by atoms with van der Waals surface area (Å²) in [6, 6.07) is -4.89. The lowest BCUT2D eigenvalue weighted by atomic mass is 9.94. The maximum absolute atomic E-state index is 12.5. The fourth-order valence-electron chi connectivity index (χ4n) is 9.16. The van der Waals surface area contributed by atoms with Gasteiger partial charge in [0.25, 0.3) is 0 Å². The van der Waals surface area contributed by atoms with Gasteiger partial charge in [0.2, 0.25) is 17.7 Å².